The first-order valence-corrected chi connectivity index (χ1v) is 7.25. The Kier molecular flexibility index (Phi) is 6.28. The number of likely N-dealkylation sites (tertiary alicyclic amines) is 1. The van der Waals surface area contributed by atoms with Crippen molar-refractivity contribution in [1.29, 1.82) is 0 Å². The van der Waals surface area contributed by atoms with Crippen molar-refractivity contribution < 1.29 is 9.59 Å². The molecule has 2 amide bonds. The monoisotopic (exact) mass is 269 g/mol. The molecule has 0 aliphatic carbocycles. The highest BCUT2D eigenvalue weighted by Gasteiger charge is 2.34. The summed E-state index contributed by atoms with van der Waals surface area (Å²) in [5.41, 5.74) is 5.80. The van der Waals surface area contributed by atoms with Gasteiger partial charge in [0.2, 0.25) is 11.8 Å². The predicted molar refractivity (Wildman–Crippen MR) is 75.5 cm³/mol. The molecule has 0 saturated carbocycles. The maximum atomic E-state index is 12.0. The number of hydrogen-bond donors (Lipinski definition) is 2. The van der Waals surface area contributed by atoms with Gasteiger partial charge in [-0.05, 0) is 31.2 Å². The molecule has 19 heavy (non-hydrogen) atoms. The Hall–Kier alpha value is -1.10. The van der Waals surface area contributed by atoms with Crippen LogP contribution in [0, 0.1) is 5.41 Å². The van der Waals surface area contributed by atoms with Crippen molar-refractivity contribution in [1.82, 2.24) is 10.2 Å². The molecule has 0 aromatic rings. The molecular formula is C14H27N3O2. The largest absolute Gasteiger partial charge is 0.356 e. The van der Waals surface area contributed by atoms with E-state index < -0.39 is 0 Å². The average Bonchev–Trinajstić information content (AvgIpc) is 2.80. The van der Waals surface area contributed by atoms with Crippen LogP contribution in [0.25, 0.3) is 0 Å². The molecule has 0 bridgehead atoms. The first-order chi connectivity index (χ1) is 9.00. The van der Waals surface area contributed by atoms with Crippen LogP contribution in [-0.4, -0.2) is 42.9 Å². The number of nitrogens with two attached hydrogens (primary N) is 1. The molecular weight excluding hydrogens is 242 g/mol. The quantitative estimate of drug-likeness (QED) is 0.720. The molecule has 0 aromatic carbocycles. The van der Waals surface area contributed by atoms with Crippen LogP contribution in [0.2, 0.25) is 0 Å². The third-order valence-electron chi connectivity index (χ3n) is 3.77. The predicted octanol–water partition coefficient (Wildman–Crippen LogP) is 0.880. The van der Waals surface area contributed by atoms with Crippen molar-refractivity contribution in [3.8, 4) is 0 Å². The van der Waals surface area contributed by atoms with E-state index in [-0.39, 0.29) is 17.2 Å². The van der Waals surface area contributed by atoms with Gasteiger partial charge in [-0.15, -0.1) is 0 Å². The first-order valence-electron chi connectivity index (χ1n) is 7.25. The zero-order chi connectivity index (χ0) is 14.3. The Morgan fingerprint density at radius 3 is 2.68 bits per heavy atom. The van der Waals surface area contributed by atoms with Gasteiger partial charge in [0.25, 0.3) is 0 Å². The number of nitrogens with zero attached hydrogens (tertiary/aromatic N) is 1. The standard InChI is InChI=1S/C14H27N3O2/c1-3-8-16-12(18)5-4-6-13(19)17-9-7-14(2,10-15)11-17/h3-11,15H2,1-2H3,(H,16,18). The Bertz CT molecular complexity index is 320. The van der Waals surface area contributed by atoms with Crippen LogP contribution in [0.4, 0.5) is 0 Å². The number of nitrogens with one attached hydrogen (secondary N) is 1. The van der Waals surface area contributed by atoms with Crippen molar-refractivity contribution >= 4 is 11.8 Å². The van der Waals surface area contributed by atoms with Gasteiger partial charge in [0.15, 0.2) is 0 Å². The molecule has 1 aliphatic heterocycles. The fraction of sp³-hybridized carbons (Fsp3) is 0.857. The molecule has 5 nitrogen and oxygen atoms in total. The number of carbonyl (C=O) groups is 2. The molecule has 0 aromatic heterocycles. The summed E-state index contributed by atoms with van der Waals surface area (Å²) in [6.45, 7) is 7.03. The zero-order valence-corrected chi connectivity index (χ0v) is 12.2. The lowest BCUT2D eigenvalue weighted by molar-refractivity contribution is -0.130. The summed E-state index contributed by atoms with van der Waals surface area (Å²) in [5.74, 6) is 0.198. The van der Waals surface area contributed by atoms with Gasteiger partial charge in [-0.3, -0.25) is 9.59 Å². The second kappa shape index (κ2) is 7.48. The van der Waals surface area contributed by atoms with Crippen LogP contribution in [0.15, 0.2) is 0 Å². The number of amides is 2. The zero-order valence-electron chi connectivity index (χ0n) is 12.2. The summed E-state index contributed by atoms with van der Waals surface area (Å²) in [5, 5.41) is 2.82. The van der Waals surface area contributed by atoms with Crippen molar-refractivity contribution in [2.45, 2.75) is 46.0 Å². The fourth-order valence-electron chi connectivity index (χ4n) is 2.31. The van der Waals surface area contributed by atoms with Crippen molar-refractivity contribution in [3.05, 3.63) is 0 Å². The molecule has 5 heteroatoms. The van der Waals surface area contributed by atoms with Gasteiger partial charge in [-0.25, -0.2) is 0 Å². The van der Waals surface area contributed by atoms with Crippen LogP contribution in [0.5, 0.6) is 0 Å². The second-order valence-electron chi connectivity index (χ2n) is 5.78. The van der Waals surface area contributed by atoms with Crippen LogP contribution in [-0.2, 0) is 9.59 Å². The summed E-state index contributed by atoms with van der Waals surface area (Å²) in [4.78, 5) is 25.3. The van der Waals surface area contributed by atoms with Crippen LogP contribution >= 0.6 is 0 Å². The minimum Gasteiger partial charge on any atom is -0.356 e. The molecule has 1 unspecified atom stereocenters. The van der Waals surface area contributed by atoms with Gasteiger partial charge >= 0.3 is 0 Å². The van der Waals surface area contributed by atoms with E-state index in [0.29, 0.717) is 32.4 Å². The van der Waals surface area contributed by atoms with E-state index in [1.807, 2.05) is 11.8 Å². The Balaban J connectivity index is 2.20. The minimum absolute atomic E-state index is 0.0443. The fourth-order valence-corrected chi connectivity index (χ4v) is 2.31. The Morgan fingerprint density at radius 1 is 1.37 bits per heavy atom. The summed E-state index contributed by atoms with van der Waals surface area (Å²) in [6.07, 6.45) is 3.44. The van der Waals surface area contributed by atoms with Crippen molar-refractivity contribution in [2.24, 2.45) is 11.1 Å². The molecule has 1 heterocycles. The third kappa shape index (κ3) is 5.19. The minimum atomic E-state index is 0.0443. The van der Waals surface area contributed by atoms with E-state index in [4.69, 9.17) is 5.73 Å². The SMILES string of the molecule is CCCNC(=O)CCCC(=O)N1CCC(C)(CN)C1. The molecule has 1 fully saturated rings. The third-order valence-corrected chi connectivity index (χ3v) is 3.77. The van der Waals surface area contributed by atoms with Gasteiger partial charge in [-0.2, -0.15) is 0 Å². The van der Waals surface area contributed by atoms with E-state index in [1.54, 1.807) is 0 Å². The number of rotatable bonds is 7. The van der Waals surface area contributed by atoms with E-state index in [2.05, 4.69) is 12.2 Å². The van der Waals surface area contributed by atoms with Gasteiger partial charge in [0.1, 0.15) is 0 Å². The summed E-state index contributed by atoms with van der Waals surface area (Å²) < 4.78 is 0. The van der Waals surface area contributed by atoms with Crippen molar-refractivity contribution in [3.63, 3.8) is 0 Å². The van der Waals surface area contributed by atoms with E-state index in [9.17, 15) is 9.59 Å². The molecule has 0 radical (unpaired) electrons. The lowest BCUT2D eigenvalue weighted by Gasteiger charge is -2.22. The molecule has 1 aliphatic rings. The van der Waals surface area contributed by atoms with Gasteiger partial charge in [-0.1, -0.05) is 13.8 Å². The average molecular weight is 269 g/mol. The van der Waals surface area contributed by atoms with E-state index >= 15 is 0 Å². The summed E-state index contributed by atoms with van der Waals surface area (Å²) in [6, 6.07) is 0. The maximum absolute atomic E-state index is 12.0. The van der Waals surface area contributed by atoms with Crippen LogP contribution in [0.3, 0.4) is 0 Å². The lowest BCUT2D eigenvalue weighted by atomic mass is 9.90. The van der Waals surface area contributed by atoms with E-state index in [0.717, 1.165) is 25.9 Å². The number of hydrogen-bond acceptors (Lipinski definition) is 3. The van der Waals surface area contributed by atoms with Crippen LogP contribution < -0.4 is 11.1 Å². The summed E-state index contributed by atoms with van der Waals surface area (Å²) in [7, 11) is 0. The van der Waals surface area contributed by atoms with Gasteiger partial charge < -0.3 is 16.0 Å². The molecule has 0 spiro atoms. The summed E-state index contributed by atoms with van der Waals surface area (Å²) >= 11 is 0. The molecule has 1 saturated heterocycles. The second-order valence-corrected chi connectivity index (χ2v) is 5.78. The molecule has 110 valence electrons. The highest BCUT2D eigenvalue weighted by atomic mass is 16.2. The van der Waals surface area contributed by atoms with E-state index in [1.165, 1.54) is 0 Å². The van der Waals surface area contributed by atoms with Crippen LogP contribution in [0.1, 0.15) is 46.0 Å². The highest BCUT2D eigenvalue weighted by Crippen LogP contribution is 2.28. The van der Waals surface area contributed by atoms with Gasteiger partial charge in [0, 0.05) is 32.5 Å². The van der Waals surface area contributed by atoms with Crippen molar-refractivity contribution in [2.75, 3.05) is 26.2 Å². The Labute approximate surface area is 115 Å². The smallest absolute Gasteiger partial charge is 0.222 e. The molecule has 1 atom stereocenters. The van der Waals surface area contributed by atoms with Gasteiger partial charge in [0.05, 0.1) is 0 Å². The lowest BCUT2D eigenvalue weighted by Crippen LogP contribution is -2.34. The first kappa shape index (κ1) is 16.0. The Morgan fingerprint density at radius 2 is 2.11 bits per heavy atom. The maximum Gasteiger partial charge on any atom is 0.222 e. The molecule has 3 N–H and O–H groups in total. The topological polar surface area (TPSA) is 75.4 Å². The molecule has 1 rings (SSSR count). The normalized spacial score (nSPS) is 22.6. The number of carbonyl (C=O) groups excluding carboxylic acids is 2. The highest BCUT2D eigenvalue weighted by molar-refractivity contribution is 5.79.